The summed E-state index contributed by atoms with van der Waals surface area (Å²) >= 11 is 5.28. The average molecular weight is 308 g/mol. The van der Waals surface area contributed by atoms with Crippen molar-refractivity contribution in [2.24, 2.45) is 0 Å². The van der Waals surface area contributed by atoms with E-state index in [1.54, 1.807) is 0 Å². The summed E-state index contributed by atoms with van der Waals surface area (Å²) < 4.78 is 1.12. The molecule has 88 valence electrons. The van der Waals surface area contributed by atoms with Gasteiger partial charge < -0.3 is 4.90 Å². The number of hydrogen-bond acceptors (Lipinski definition) is 2. The van der Waals surface area contributed by atoms with Gasteiger partial charge in [-0.3, -0.25) is 0 Å². The molecule has 17 heavy (non-hydrogen) atoms. The van der Waals surface area contributed by atoms with Crippen LogP contribution in [0.3, 0.4) is 0 Å². The molecule has 0 heterocycles. The number of benzene rings is 2. The van der Waals surface area contributed by atoms with Gasteiger partial charge in [0.2, 0.25) is 0 Å². The number of nitrogens with zero attached hydrogens (tertiary/aromatic N) is 1. The van der Waals surface area contributed by atoms with E-state index in [0.717, 1.165) is 10.3 Å². The van der Waals surface area contributed by atoms with Crippen molar-refractivity contribution in [1.82, 2.24) is 0 Å². The monoisotopic (exact) mass is 307 g/mol. The lowest BCUT2D eigenvalue weighted by Crippen LogP contribution is -2.15. The summed E-state index contributed by atoms with van der Waals surface area (Å²) in [5.74, 6) is 0.950. The van der Waals surface area contributed by atoms with Crippen molar-refractivity contribution in [3.63, 3.8) is 0 Å². The van der Waals surface area contributed by atoms with Crippen molar-refractivity contribution in [1.29, 1.82) is 0 Å². The van der Waals surface area contributed by atoms with Crippen molar-refractivity contribution < 1.29 is 0 Å². The summed E-state index contributed by atoms with van der Waals surface area (Å²) in [6.07, 6.45) is 0. The lowest BCUT2D eigenvalue weighted by molar-refractivity contribution is 1.09. The van der Waals surface area contributed by atoms with Crippen LogP contribution in [0.5, 0.6) is 0 Å². The molecular formula is C14H14BrNS. The second-order valence-electron chi connectivity index (χ2n) is 3.76. The van der Waals surface area contributed by atoms with Crippen LogP contribution in [0.25, 0.3) is 0 Å². The molecule has 0 saturated carbocycles. The fourth-order valence-corrected chi connectivity index (χ4v) is 2.54. The minimum Gasteiger partial charge on any atom is -0.365 e. The molecule has 0 aliphatic heterocycles. The smallest absolute Gasteiger partial charge is 0.0682 e. The molecule has 2 aromatic rings. The molecule has 0 radical (unpaired) electrons. The number of rotatable bonds is 4. The Labute approximate surface area is 115 Å². The molecule has 3 heteroatoms. The molecule has 0 bridgehead atoms. The first-order valence-corrected chi connectivity index (χ1v) is 7.18. The second kappa shape index (κ2) is 6.12. The minimum absolute atomic E-state index is 0.950. The highest BCUT2D eigenvalue weighted by atomic mass is 79.9. The number of anilines is 1. The van der Waals surface area contributed by atoms with Crippen molar-refractivity contribution in [2.45, 2.75) is 4.90 Å². The van der Waals surface area contributed by atoms with Crippen molar-refractivity contribution >= 4 is 33.4 Å². The molecule has 0 N–H and O–H groups in total. The molecule has 0 saturated heterocycles. The molecule has 2 aromatic carbocycles. The van der Waals surface area contributed by atoms with Crippen LogP contribution in [0, 0.1) is 0 Å². The van der Waals surface area contributed by atoms with Crippen LogP contribution in [0.2, 0.25) is 0 Å². The Kier molecular flexibility index (Phi) is 4.51. The fourth-order valence-electron chi connectivity index (χ4n) is 1.46. The van der Waals surface area contributed by atoms with Crippen molar-refractivity contribution in [3.05, 3.63) is 59.1 Å². The minimum atomic E-state index is 0.950. The third-order valence-electron chi connectivity index (χ3n) is 2.44. The molecule has 0 amide bonds. The van der Waals surface area contributed by atoms with E-state index < -0.39 is 0 Å². The van der Waals surface area contributed by atoms with Gasteiger partial charge >= 0.3 is 0 Å². The van der Waals surface area contributed by atoms with Crippen molar-refractivity contribution in [3.8, 4) is 0 Å². The highest BCUT2D eigenvalue weighted by Crippen LogP contribution is 2.23. The van der Waals surface area contributed by atoms with E-state index in [1.807, 2.05) is 17.8 Å². The first kappa shape index (κ1) is 12.5. The summed E-state index contributed by atoms with van der Waals surface area (Å²) in [4.78, 5) is 3.53. The largest absolute Gasteiger partial charge is 0.365 e. The van der Waals surface area contributed by atoms with Crippen LogP contribution in [0.15, 0.2) is 64.0 Å². The summed E-state index contributed by atoms with van der Waals surface area (Å²) in [6.45, 7) is 0. The molecule has 0 unspecified atom stereocenters. The molecule has 1 nitrogen and oxygen atoms in total. The quantitative estimate of drug-likeness (QED) is 0.598. The summed E-state index contributed by atoms with van der Waals surface area (Å²) in [6, 6.07) is 18.8. The number of thioether (sulfide) groups is 1. The SMILES string of the molecule is CN(CSc1ccc(Br)cc1)c1ccccc1. The van der Waals surface area contributed by atoms with Gasteiger partial charge in [-0.25, -0.2) is 0 Å². The summed E-state index contributed by atoms with van der Waals surface area (Å²) in [5.41, 5.74) is 1.25. The van der Waals surface area contributed by atoms with Gasteiger partial charge in [0.15, 0.2) is 0 Å². The van der Waals surface area contributed by atoms with Crippen LogP contribution in [-0.2, 0) is 0 Å². The lowest BCUT2D eigenvalue weighted by atomic mass is 10.3. The Morgan fingerprint density at radius 3 is 2.29 bits per heavy atom. The second-order valence-corrected chi connectivity index (χ2v) is 5.69. The Hall–Kier alpha value is -0.930. The third kappa shape index (κ3) is 3.79. The zero-order chi connectivity index (χ0) is 12.1. The predicted molar refractivity (Wildman–Crippen MR) is 79.7 cm³/mol. The molecule has 0 atom stereocenters. The molecule has 0 fully saturated rings. The molecule has 0 aromatic heterocycles. The third-order valence-corrected chi connectivity index (χ3v) is 4.09. The Morgan fingerprint density at radius 1 is 1.00 bits per heavy atom. The Morgan fingerprint density at radius 2 is 1.65 bits per heavy atom. The molecule has 0 aliphatic carbocycles. The van der Waals surface area contributed by atoms with E-state index in [0.29, 0.717) is 0 Å². The zero-order valence-electron chi connectivity index (χ0n) is 9.64. The molecule has 0 aliphatic rings. The van der Waals surface area contributed by atoms with E-state index >= 15 is 0 Å². The molecule has 2 rings (SSSR count). The highest BCUT2D eigenvalue weighted by molar-refractivity contribution is 9.10. The van der Waals surface area contributed by atoms with Crippen LogP contribution in [0.1, 0.15) is 0 Å². The van der Waals surface area contributed by atoms with E-state index in [1.165, 1.54) is 10.6 Å². The maximum Gasteiger partial charge on any atom is 0.0682 e. The van der Waals surface area contributed by atoms with Crippen LogP contribution < -0.4 is 4.90 Å². The number of hydrogen-bond donors (Lipinski definition) is 0. The highest BCUT2D eigenvalue weighted by Gasteiger charge is 2.00. The van der Waals surface area contributed by atoms with Gasteiger partial charge in [0.1, 0.15) is 0 Å². The van der Waals surface area contributed by atoms with Gasteiger partial charge in [0.05, 0.1) is 5.88 Å². The van der Waals surface area contributed by atoms with E-state index in [-0.39, 0.29) is 0 Å². The van der Waals surface area contributed by atoms with Gasteiger partial charge in [-0.1, -0.05) is 34.1 Å². The topological polar surface area (TPSA) is 3.24 Å². The first-order chi connectivity index (χ1) is 8.25. The molecular weight excluding hydrogens is 294 g/mol. The Bertz CT molecular complexity index is 455. The van der Waals surface area contributed by atoms with Crippen LogP contribution in [-0.4, -0.2) is 12.9 Å². The van der Waals surface area contributed by atoms with E-state index in [2.05, 4.69) is 76.4 Å². The Balaban J connectivity index is 1.92. The summed E-state index contributed by atoms with van der Waals surface area (Å²) in [5, 5.41) is 0. The fraction of sp³-hybridized carbons (Fsp3) is 0.143. The first-order valence-electron chi connectivity index (χ1n) is 5.40. The maximum atomic E-state index is 3.44. The van der Waals surface area contributed by atoms with Gasteiger partial charge in [0, 0.05) is 22.1 Å². The number of para-hydroxylation sites is 1. The lowest BCUT2D eigenvalue weighted by Gasteiger charge is -2.18. The maximum absolute atomic E-state index is 3.44. The predicted octanol–water partition coefficient (Wildman–Crippen LogP) is 4.64. The standard InChI is InChI=1S/C14H14BrNS/c1-16(13-5-3-2-4-6-13)11-17-14-9-7-12(15)8-10-14/h2-10H,11H2,1H3. The van der Waals surface area contributed by atoms with Gasteiger partial charge in [-0.2, -0.15) is 0 Å². The van der Waals surface area contributed by atoms with Crippen molar-refractivity contribution in [2.75, 3.05) is 17.8 Å². The summed E-state index contributed by atoms with van der Waals surface area (Å²) in [7, 11) is 2.11. The van der Waals surface area contributed by atoms with E-state index in [4.69, 9.17) is 0 Å². The average Bonchev–Trinajstić information content (AvgIpc) is 2.39. The normalized spacial score (nSPS) is 10.2. The van der Waals surface area contributed by atoms with Crippen LogP contribution >= 0.6 is 27.7 Å². The van der Waals surface area contributed by atoms with Gasteiger partial charge in [0.25, 0.3) is 0 Å². The zero-order valence-corrected chi connectivity index (χ0v) is 12.0. The van der Waals surface area contributed by atoms with Gasteiger partial charge in [-0.05, 0) is 36.4 Å². The van der Waals surface area contributed by atoms with Crippen LogP contribution in [0.4, 0.5) is 5.69 Å². The number of halogens is 1. The van der Waals surface area contributed by atoms with E-state index in [9.17, 15) is 0 Å². The molecule has 0 spiro atoms. The van der Waals surface area contributed by atoms with Gasteiger partial charge in [-0.15, -0.1) is 11.8 Å².